The van der Waals surface area contributed by atoms with Crippen LogP contribution in [0, 0.1) is 11.8 Å². The summed E-state index contributed by atoms with van der Waals surface area (Å²) in [6, 6.07) is 6.85. The summed E-state index contributed by atoms with van der Waals surface area (Å²) < 4.78 is 12.8. The molecule has 1 aromatic carbocycles. The highest BCUT2D eigenvalue weighted by Crippen LogP contribution is 2.30. The Hall–Kier alpha value is -3.16. The number of Topliss-reactive ketones (excluding diaryl/α,β-unsaturated/α-hetero) is 1. The molecular weight excluding hydrogens is 386 g/mol. The molecule has 0 aliphatic heterocycles. The minimum absolute atomic E-state index is 0.00151. The Morgan fingerprint density at radius 3 is 2.63 bits per heavy atom. The molecule has 0 N–H and O–H groups in total. The zero-order valence-electron chi connectivity index (χ0n) is 17.2. The first-order valence-electron chi connectivity index (χ1n) is 10.2. The Labute approximate surface area is 173 Å². The quantitative estimate of drug-likeness (QED) is 0.618. The molecule has 8 nitrogen and oxygen atoms in total. The molecule has 30 heavy (non-hydrogen) atoms. The highest BCUT2D eigenvalue weighted by atomic mass is 16.5. The number of nitrogens with zero attached hydrogens (tertiary/aromatic N) is 3. The number of rotatable bonds is 6. The first kappa shape index (κ1) is 20.1. The number of benzene rings is 1. The molecule has 0 unspecified atom stereocenters. The molecule has 1 fully saturated rings. The summed E-state index contributed by atoms with van der Waals surface area (Å²) in [6.07, 6.45) is 4.90. The fourth-order valence-corrected chi connectivity index (χ4v) is 4.36. The van der Waals surface area contributed by atoms with E-state index in [9.17, 15) is 14.4 Å². The van der Waals surface area contributed by atoms with E-state index in [-0.39, 0.29) is 28.9 Å². The lowest BCUT2D eigenvalue weighted by molar-refractivity contribution is -0.123. The van der Waals surface area contributed by atoms with Crippen LogP contribution in [0.25, 0.3) is 10.9 Å². The van der Waals surface area contributed by atoms with Crippen LogP contribution in [0.5, 0.6) is 5.75 Å². The molecule has 2 heterocycles. The van der Waals surface area contributed by atoms with Gasteiger partial charge in [-0.1, -0.05) is 5.16 Å². The first-order valence-corrected chi connectivity index (χ1v) is 10.2. The van der Waals surface area contributed by atoms with Crippen molar-refractivity contribution in [1.29, 1.82) is 0 Å². The van der Waals surface area contributed by atoms with Crippen LogP contribution in [0.3, 0.4) is 0 Å². The maximum Gasteiger partial charge on any atom is 0.331 e. The molecule has 0 atom stereocenters. The number of fused-ring (bicyclic) bond motifs is 1. The Bertz CT molecular complexity index is 1170. The van der Waals surface area contributed by atoms with Gasteiger partial charge in [0.25, 0.3) is 5.56 Å². The van der Waals surface area contributed by atoms with E-state index in [0.717, 1.165) is 25.7 Å². The van der Waals surface area contributed by atoms with Crippen molar-refractivity contribution in [3.8, 4) is 5.75 Å². The zero-order chi connectivity index (χ0) is 21.3. The number of hydrogen-bond donors (Lipinski definition) is 0. The van der Waals surface area contributed by atoms with E-state index in [1.54, 1.807) is 38.4 Å². The summed E-state index contributed by atoms with van der Waals surface area (Å²) in [7, 11) is 3.22. The molecule has 8 heteroatoms. The van der Waals surface area contributed by atoms with Crippen molar-refractivity contribution in [2.45, 2.75) is 38.6 Å². The Morgan fingerprint density at radius 1 is 1.20 bits per heavy atom. The summed E-state index contributed by atoms with van der Waals surface area (Å²) >= 11 is 0. The predicted molar refractivity (Wildman–Crippen MR) is 111 cm³/mol. The zero-order valence-corrected chi connectivity index (χ0v) is 17.2. The topological polar surface area (TPSA) is 96.3 Å². The fraction of sp³-hybridized carbons (Fsp3) is 0.455. The molecule has 0 saturated heterocycles. The summed E-state index contributed by atoms with van der Waals surface area (Å²) in [5, 5.41) is 4.27. The van der Waals surface area contributed by atoms with Crippen molar-refractivity contribution in [3.63, 3.8) is 0 Å². The maximum absolute atomic E-state index is 13.0. The van der Waals surface area contributed by atoms with Crippen LogP contribution < -0.4 is 16.0 Å². The molecule has 1 saturated carbocycles. The lowest BCUT2D eigenvalue weighted by Gasteiger charge is -2.28. The van der Waals surface area contributed by atoms with E-state index < -0.39 is 0 Å². The van der Waals surface area contributed by atoms with E-state index in [1.807, 2.05) is 0 Å². The van der Waals surface area contributed by atoms with Crippen molar-refractivity contribution >= 4 is 16.7 Å². The summed E-state index contributed by atoms with van der Waals surface area (Å²) in [4.78, 5) is 38.3. The first-order chi connectivity index (χ1) is 14.5. The van der Waals surface area contributed by atoms with Gasteiger partial charge in [0, 0.05) is 25.6 Å². The normalized spacial score (nSPS) is 19.1. The van der Waals surface area contributed by atoms with E-state index >= 15 is 0 Å². The van der Waals surface area contributed by atoms with E-state index in [2.05, 4.69) is 5.16 Å². The average molecular weight is 411 g/mol. The SMILES string of the molecule is COc1ccc2c(c1)c(=O)n(CC1CCC(C(=O)Cc3ccon3)CC1)c(=O)n2C. The molecule has 1 aliphatic carbocycles. The van der Waals surface area contributed by atoms with E-state index in [1.165, 1.54) is 15.4 Å². The van der Waals surface area contributed by atoms with Gasteiger partial charge in [-0.2, -0.15) is 0 Å². The van der Waals surface area contributed by atoms with Gasteiger partial charge >= 0.3 is 5.69 Å². The minimum Gasteiger partial charge on any atom is -0.497 e. The molecule has 0 radical (unpaired) electrons. The number of aryl methyl sites for hydroxylation is 1. The van der Waals surface area contributed by atoms with Gasteiger partial charge in [-0.15, -0.1) is 0 Å². The van der Waals surface area contributed by atoms with Crippen LogP contribution in [0.15, 0.2) is 44.6 Å². The van der Waals surface area contributed by atoms with Gasteiger partial charge in [-0.05, 0) is 49.8 Å². The fourth-order valence-electron chi connectivity index (χ4n) is 4.36. The van der Waals surface area contributed by atoms with Crippen molar-refractivity contribution < 1.29 is 14.1 Å². The van der Waals surface area contributed by atoms with Gasteiger partial charge in [0.15, 0.2) is 0 Å². The predicted octanol–water partition coefficient (Wildman–Crippen LogP) is 2.32. The number of methoxy groups -OCH3 is 1. The molecule has 3 aromatic rings. The van der Waals surface area contributed by atoms with Crippen molar-refractivity contribution in [2.75, 3.05) is 7.11 Å². The second-order valence-electron chi connectivity index (χ2n) is 7.99. The molecule has 158 valence electrons. The van der Waals surface area contributed by atoms with E-state index in [0.29, 0.717) is 35.3 Å². The standard InChI is InChI=1S/C22H25N3O5/c1-24-19-8-7-17(29-2)12-18(19)21(27)25(22(24)28)13-14-3-5-15(6-4-14)20(26)11-16-9-10-30-23-16/h7-10,12,14-15H,3-6,11,13H2,1-2H3. The van der Waals surface area contributed by atoms with Crippen LogP contribution in [0.1, 0.15) is 31.4 Å². The minimum atomic E-state index is -0.318. The van der Waals surface area contributed by atoms with Gasteiger partial charge in [-0.25, -0.2) is 4.79 Å². The van der Waals surface area contributed by atoms with Gasteiger partial charge in [0.05, 0.1) is 30.1 Å². The summed E-state index contributed by atoms with van der Waals surface area (Å²) in [5.41, 5.74) is 0.631. The molecule has 0 spiro atoms. The van der Waals surface area contributed by atoms with Gasteiger partial charge in [0.2, 0.25) is 0 Å². The van der Waals surface area contributed by atoms with Crippen molar-refractivity contribution in [3.05, 3.63) is 57.1 Å². The van der Waals surface area contributed by atoms with Crippen LogP contribution in [-0.2, 0) is 24.8 Å². The van der Waals surface area contributed by atoms with Gasteiger partial charge in [-0.3, -0.25) is 18.7 Å². The third-order valence-electron chi connectivity index (χ3n) is 6.15. The summed E-state index contributed by atoms with van der Waals surface area (Å²) in [5.74, 6) is 0.942. The molecule has 4 rings (SSSR count). The van der Waals surface area contributed by atoms with E-state index in [4.69, 9.17) is 9.26 Å². The number of ether oxygens (including phenoxy) is 1. The third kappa shape index (κ3) is 3.81. The highest BCUT2D eigenvalue weighted by molar-refractivity contribution is 5.83. The molecule has 0 bridgehead atoms. The molecule has 2 aromatic heterocycles. The highest BCUT2D eigenvalue weighted by Gasteiger charge is 2.27. The third-order valence-corrected chi connectivity index (χ3v) is 6.15. The second-order valence-corrected chi connectivity index (χ2v) is 7.99. The lowest BCUT2D eigenvalue weighted by Crippen LogP contribution is -2.41. The van der Waals surface area contributed by atoms with Gasteiger partial charge in [0.1, 0.15) is 17.8 Å². The maximum atomic E-state index is 13.0. The number of carbonyl (C=O) groups excluding carboxylic acids is 1. The number of aromatic nitrogens is 3. The largest absolute Gasteiger partial charge is 0.497 e. The van der Waals surface area contributed by atoms with Crippen molar-refractivity contribution in [2.24, 2.45) is 18.9 Å². The number of carbonyl (C=O) groups is 1. The summed E-state index contributed by atoms with van der Waals surface area (Å²) in [6.45, 7) is 0.364. The Kier molecular flexibility index (Phi) is 5.57. The van der Waals surface area contributed by atoms with Gasteiger partial charge < -0.3 is 9.26 Å². The number of ketones is 1. The Morgan fingerprint density at radius 2 is 1.97 bits per heavy atom. The van der Waals surface area contributed by atoms with Crippen molar-refractivity contribution in [1.82, 2.24) is 14.3 Å². The number of hydrogen-bond acceptors (Lipinski definition) is 6. The van der Waals surface area contributed by atoms with Crippen LogP contribution in [0.4, 0.5) is 0 Å². The second kappa shape index (κ2) is 8.30. The monoisotopic (exact) mass is 411 g/mol. The smallest absolute Gasteiger partial charge is 0.331 e. The van der Waals surface area contributed by atoms with Crippen LogP contribution in [0.2, 0.25) is 0 Å². The average Bonchev–Trinajstić information content (AvgIpc) is 3.28. The molecule has 0 amide bonds. The lowest BCUT2D eigenvalue weighted by atomic mass is 9.79. The van der Waals surface area contributed by atoms with Crippen LogP contribution >= 0.6 is 0 Å². The molecular formula is C22H25N3O5. The Balaban J connectivity index is 1.49. The molecule has 1 aliphatic rings. The van der Waals surface area contributed by atoms with Crippen LogP contribution in [-0.4, -0.2) is 27.2 Å².